The molecule has 3 N–H and O–H groups in total. The number of hydrogen-bond donors (Lipinski definition) is 2. The summed E-state index contributed by atoms with van der Waals surface area (Å²) in [6, 6.07) is 2.57. The smallest absolute Gasteiger partial charge is 0.218 e. The normalized spacial score (nSPS) is 24.1. The van der Waals surface area contributed by atoms with E-state index in [1.54, 1.807) is 11.3 Å². The number of primary amides is 1. The number of carbonyl (C=O) groups excluding carboxylic acids is 1. The fourth-order valence-electron chi connectivity index (χ4n) is 1.91. The van der Waals surface area contributed by atoms with E-state index in [4.69, 9.17) is 5.73 Å². The van der Waals surface area contributed by atoms with Crippen LogP contribution in [0.5, 0.6) is 0 Å². The Balaban J connectivity index is 1.97. The molecule has 0 saturated carbocycles. The maximum Gasteiger partial charge on any atom is 0.218 e. The number of fused-ring (bicyclic) bond motifs is 1. The SMILES string of the molecule is C[C@H]1CC(NCCC(N)=O)c2ccsc2S1. The monoisotopic (exact) mass is 256 g/mol. The van der Waals surface area contributed by atoms with Crippen LogP contribution in [0.3, 0.4) is 0 Å². The Hall–Kier alpha value is -0.520. The van der Waals surface area contributed by atoms with Crippen molar-refractivity contribution in [3.05, 3.63) is 17.0 Å². The summed E-state index contributed by atoms with van der Waals surface area (Å²) in [4.78, 5) is 10.7. The van der Waals surface area contributed by atoms with Crippen molar-refractivity contribution in [1.82, 2.24) is 5.32 Å². The van der Waals surface area contributed by atoms with Crippen LogP contribution in [-0.2, 0) is 4.79 Å². The molecule has 1 aliphatic rings. The molecular formula is C11H16N2OS2. The molecule has 0 spiro atoms. The van der Waals surface area contributed by atoms with Gasteiger partial charge in [0, 0.05) is 24.3 Å². The minimum absolute atomic E-state index is 0.240. The molecule has 88 valence electrons. The first kappa shape index (κ1) is 12.0. The van der Waals surface area contributed by atoms with Crippen LogP contribution in [0.15, 0.2) is 15.7 Å². The number of hydrogen-bond acceptors (Lipinski definition) is 4. The molecule has 1 aromatic heterocycles. The van der Waals surface area contributed by atoms with Crippen LogP contribution in [0, 0.1) is 0 Å². The van der Waals surface area contributed by atoms with Crippen molar-refractivity contribution >= 4 is 29.0 Å². The van der Waals surface area contributed by atoms with Gasteiger partial charge in [0.1, 0.15) is 0 Å². The highest BCUT2D eigenvalue weighted by molar-refractivity contribution is 8.01. The zero-order chi connectivity index (χ0) is 11.5. The van der Waals surface area contributed by atoms with Gasteiger partial charge in [0.2, 0.25) is 5.91 Å². The number of rotatable bonds is 4. The molecule has 2 heterocycles. The summed E-state index contributed by atoms with van der Waals surface area (Å²) in [5, 5.41) is 6.19. The van der Waals surface area contributed by atoms with Crippen molar-refractivity contribution in [3.63, 3.8) is 0 Å². The maximum absolute atomic E-state index is 10.7. The highest BCUT2D eigenvalue weighted by Gasteiger charge is 2.25. The lowest BCUT2D eigenvalue weighted by Crippen LogP contribution is -2.29. The second-order valence-corrected chi connectivity index (χ2v) is 6.67. The van der Waals surface area contributed by atoms with Gasteiger partial charge in [-0.05, 0) is 23.4 Å². The zero-order valence-electron chi connectivity index (χ0n) is 9.23. The van der Waals surface area contributed by atoms with Crippen molar-refractivity contribution in [2.24, 2.45) is 5.73 Å². The van der Waals surface area contributed by atoms with Crippen LogP contribution < -0.4 is 11.1 Å². The summed E-state index contributed by atoms with van der Waals surface area (Å²) in [5.74, 6) is -0.240. The molecule has 0 radical (unpaired) electrons. The first-order valence-electron chi connectivity index (χ1n) is 5.42. The molecule has 0 bridgehead atoms. The van der Waals surface area contributed by atoms with Crippen molar-refractivity contribution < 1.29 is 4.79 Å². The molecule has 5 heteroatoms. The lowest BCUT2D eigenvalue weighted by atomic mass is 10.0. The molecule has 16 heavy (non-hydrogen) atoms. The van der Waals surface area contributed by atoms with E-state index in [0.29, 0.717) is 24.3 Å². The summed E-state index contributed by atoms with van der Waals surface area (Å²) >= 11 is 3.75. The fourth-order valence-corrected chi connectivity index (χ4v) is 4.48. The molecule has 1 unspecified atom stereocenters. The third-order valence-electron chi connectivity index (χ3n) is 2.67. The Morgan fingerprint density at radius 1 is 1.69 bits per heavy atom. The van der Waals surface area contributed by atoms with Crippen LogP contribution in [-0.4, -0.2) is 17.7 Å². The number of nitrogens with two attached hydrogens (primary N) is 1. The van der Waals surface area contributed by atoms with Gasteiger partial charge in [-0.15, -0.1) is 23.1 Å². The number of nitrogens with one attached hydrogen (secondary N) is 1. The summed E-state index contributed by atoms with van der Waals surface area (Å²) < 4.78 is 1.41. The molecule has 0 saturated heterocycles. The van der Waals surface area contributed by atoms with Gasteiger partial charge in [-0.1, -0.05) is 6.92 Å². The Kier molecular flexibility index (Phi) is 3.89. The van der Waals surface area contributed by atoms with E-state index in [9.17, 15) is 4.79 Å². The van der Waals surface area contributed by atoms with E-state index in [0.717, 1.165) is 6.42 Å². The van der Waals surface area contributed by atoms with Crippen molar-refractivity contribution in [3.8, 4) is 0 Å². The minimum atomic E-state index is -0.240. The third kappa shape index (κ3) is 2.78. The molecule has 1 amide bonds. The predicted octanol–water partition coefficient (Wildman–Crippen LogP) is 2.14. The summed E-state index contributed by atoms with van der Waals surface area (Å²) in [5.41, 5.74) is 6.52. The standard InChI is InChI=1S/C11H16N2OS2/c1-7-6-9(13-4-2-10(12)14)8-3-5-15-11(8)16-7/h3,5,7,9,13H,2,4,6H2,1H3,(H2,12,14)/t7-,9?/m0/s1. The van der Waals surface area contributed by atoms with Gasteiger partial charge in [0.05, 0.1) is 4.21 Å². The first-order valence-corrected chi connectivity index (χ1v) is 7.18. The second-order valence-electron chi connectivity index (χ2n) is 4.05. The maximum atomic E-state index is 10.7. The molecular weight excluding hydrogens is 240 g/mol. The van der Waals surface area contributed by atoms with Gasteiger partial charge < -0.3 is 11.1 Å². The van der Waals surface area contributed by atoms with E-state index in [1.807, 2.05) is 11.8 Å². The van der Waals surface area contributed by atoms with E-state index in [2.05, 4.69) is 23.7 Å². The number of amides is 1. The Labute approximate surface area is 104 Å². The van der Waals surface area contributed by atoms with Crippen LogP contribution in [0.1, 0.15) is 31.4 Å². The van der Waals surface area contributed by atoms with Gasteiger partial charge in [-0.3, -0.25) is 4.79 Å². The average molecular weight is 256 g/mol. The number of carbonyl (C=O) groups is 1. The van der Waals surface area contributed by atoms with Gasteiger partial charge in [-0.25, -0.2) is 0 Å². The first-order chi connectivity index (χ1) is 7.66. The van der Waals surface area contributed by atoms with Gasteiger partial charge in [0.15, 0.2) is 0 Å². The molecule has 2 atom stereocenters. The van der Waals surface area contributed by atoms with Crippen molar-refractivity contribution in [1.29, 1.82) is 0 Å². The zero-order valence-corrected chi connectivity index (χ0v) is 10.9. The van der Waals surface area contributed by atoms with Crippen LogP contribution in [0.4, 0.5) is 0 Å². The molecule has 1 aliphatic heterocycles. The van der Waals surface area contributed by atoms with Crippen LogP contribution in [0.25, 0.3) is 0 Å². The predicted molar refractivity (Wildman–Crippen MR) is 68.8 cm³/mol. The number of thiophene rings is 1. The molecule has 0 aromatic carbocycles. The quantitative estimate of drug-likeness (QED) is 0.868. The van der Waals surface area contributed by atoms with E-state index >= 15 is 0 Å². The van der Waals surface area contributed by atoms with Crippen molar-refractivity contribution in [2.45, 2.75) is 35.3 Å². The lowest BCUT2D eigenvalue weighted by molar-refractivity contribution is -0.117. The lowest BCUT2D eigenvalue weighted by Gasteiger charge is -2.27. The van der Waals surface area contributed by atoms with E-state index < -0.39 is 0 Å². The summed E-state index contributed by atoms with van der Waals surface area (Å²) in [6.07, 6.45) is 1.53. The van der Waals surface area contributed by atoms with Gasteiger partial charge in [-0.2, -0.15) is 0 Å². The average Bonchev–Trinajstić information content (AvgIpc) is 2.64. The Morgan fingerprint density at radius 3 is 3.25 bits per heavy atom. The van der Waals surface area contributed by atoms with Crippen LogP contribution >= 0.6 is 23.1 Å². The third-order valence-corrected chi connectivity index (χ3v) is 5.02. The highest BCUT2D eigenvalue weighted by atomic mass is 32.2. The van der Waals surface area contributed by atoms with Gasteiger partial charge >= 0.3 is 0 Å². The summed E-state index contributed by atoms with van der Waals surface area (Å²) in [7, 11) is 0. The molecule has 1 aromatic rings. The Bertz CT molecular complexity index is 378. The molecule has 0 fully saturated rings. The molecule has 2 rings (SSSR count). The topological polar surface area (TPSA) is 55.1 Å². The second kappa shape index (κ2) is 5.21. The Morgan fingerprint density at radius 2 is 2.50 bits per heavy atom. The highest BCUT2D eigenvalue weighted by Crippen LogP contribution is 2.43. The minimum Gasteiger partial charge on any atom is -0.370 e. The van der Waals surface area contributed by atoms with E-state index in [-0.39, 0.29) is 5.91 Å². The van der Waals surface area contributed by atoms with Crippen molar-refractivity contribution in [2.75, 3.05) is 6.54 Å². The molecule has 0 aliphatic carbocycles. The number of thioether (sulfide) groups is 1. The summed E-state index contributed by atoms with van der Waals surface area (Å²) in [6.45, 7) is 2.92. The van der Waals surface area contributed by atoms with Gasteiger partial charge in [0.25, 0.3) is 0 Å². The van der Waals surface area contributed by atoms with Crippen LogP contribution in [0.2, 0.25) is 0 Å². The fraction of sp³-hybridized carbons (Fsp3) is 0.545. The van der Waals surface area contributed by atoms with E-state index in [1.165, 1.54) is 9.77 Å². The largest absolute Gasteiger partial charge is 0.370 e. The molecule has 3 nitrogen and oxygen atoms in total.